The van der Waals surface area contributed by atoms with Crippen LogP contribution in [0.25, 0.3) is 10.9 Å². The van der Waals surface area contributed by atoms with Gasteiger partial charge in [-0.05, 0) is 24.1 Å². The van der Waals surface area contributed by atoms with E-state index in [4.69, 9.17) is 0 Å². The van der Waals surface area contributed by atoms with Crippen molar-refractivity contribution in [1.29, 1.82) is 0 Å². The number of aromatic amines is 1. The number of rotatable bonds is 4. The fourth-order valence-electron chi connectivity index (χ4n) is 2.28. The quantitative estimate of drug-likeness (QED) is 0.752. The Hall–Kier alpha value is -2.14. The van der Waals surface area contributed by atoms with E-state index in [0.717, 1.165) is 22.0 Å². The van der Waals surface area contributed by atoms with Gasteiger partial charge < -0.3 is 10.1 Å². The number of nitrogens with one attached hydrogen (secondary N) is 1. The summed E-state index contributed by atoms with van der Waals surface area (Å²) in [6.07, 6.45) is 5.40. The van der Waals surface area contributed by atoms with Gasteiger partial charge in [-0.3, -0.25) is 0 Å². The molecule has 0 saturated heterocycles. The predicted molar refractivity (Wildman–Crippen MR) is 72.7 cm³/mol. The summed E-state index contributed by atoms with van der Waals surface area (Å²) < 4.78 is 1.78. The fourth-order valence-corrected chi connectivity index (χ4v) is 2.28. The molecule has 5 nitrogen and oxygen atoms in total. The van der Waals surface area contributed by atoms with Crippen LogP contribution in [0.1, 0.15) is 30.6 Å². The van der Waals surface area contributed by atoms with Crippen LogP contribution in [-0.4, -0.2) is 24.9 Å². The molecule has 1 aromatic carbocycles. The Labute approximate surface area is 110 Å². The van der Waals surface area contributed by atoms with Gasteiger partial charge in [-0.25, -0.2) is 9.67 Å². The molecule has 1 unspecified atom stereocenters. The summed E-state index contributed by atoms with van der Waals surface area (Å²) in [6.45, 7) is 2.66. The topological polar surface area (TPSA) is 66.7 Å². The summed E-state index contributed by atoms with van der Waals surface area (Å²) >= 11 is 0. The van der Waals surface area contributed by atoms with Crippen molar-refractivity contribution in [3.05, 3.63) is 48.2 Å². The number of aliphatic hydroxyl groups is 1. The van der Waals surface area contributed by atoms with Crippen LogP contribution in [0.3, 0.4) is 0 Å². The Bertz CT molecular complexity index is 672. The second kappa shape index (κ2) is 4.85. The molecule has 3 rings (SSSR count). The lowest BCUT2D eigenvalue weighted by atomic mass is 10.0. The van der Waals surface area contributed by atoms with E-state index in [1.165, 1.54) is 6.33 Å². The van der Waals surface area contributed by atoms with Gasteiger partial charge in [0.15, 0.2) is 0 Å². The van der Waals surface area contributed by atoms with Crippen LogP contribution in [0, 0.1) is 0 Å². The molecular weight excluding hydrogens is 240 g/mol. The van der Waals surface area contributed by atoms with Gasteiger partial charge >= 0.3 is 0 Å². The molecule has 0 fully saturated rings. The average Bonchev–Trinajstić information content (AvgIpc) is 3.06. The summed E-state index contributed by atoms with van der Waals surface area (Å²) in [5.41, 5.74) is 3.14. The van der Waals surface area contributed by atoms with Crippen molar-refractivity contribution in [3.8, 4) is 0 Å². The maximum Gasteiger partial charge on any atom is 0.137 e. The minimum Gasteiger partial charge on any atom is -0.388 e. The molecule has 0 spiro atoms. The molecule has 2 N–H and O–H groups in total. The molecule has 5 heteroatoms. The molecule has 1 atom stereocenters. The van der Waals surface area contributed by atoms with Crippen LogP contribution in [0.2, 0.25) is 0 Å². The first-order valence-electron chi connectivity index (χ1n) is 6.38. The van der Waals surface area contributed by atoms with Crippen molar-refractivity contribution in [3.63, 3.8) is 0 Å². The Kier molecular flexibility index (Phi) is 3.05. The van der Waals surface area contributed by atoms with Gasteiger partial charge in [-0.2, -0.15) is 5.10 Å². The number of benzene rings is 1. The number of hydrogen-bond donors (Lipinski definition) is 2. The van der Waals surface area contributed by atoms with E-state index in [1.54, 1.807) is 11.0 Å². The zero-order chi connectivity index (χ0) is 13.2. The maximum atomic E-state index is 10.0. The highest BCUT2D eigenvalue weighted by Crippen LogP contribution is 2.27. The number of aliphatic hydroxyl groups excluding tert-OH is 1. The molecular formula is C14H16N4O. The van der Waals surface area contributed by atoms with Crippen LogP contribution in [-0.2, 0) is 6.54 Å². The first-order valence-corrected chi connectivity index (χ1v) is 6.38. The zero-order valence-electron chi connectivity index (χ0n) is 10.7. The Morgan fingerprint density at radius 1 is 1.42 bits per heavy atom. The SMILES string of the molecule is CCC(O)c1c[nH]c2ccc(Cn3cncn3)cc12. The van der Waals surface area contributed by atoms with E-state index in [-0.39, 0.29) is 0 Å². The average molecular weight is 256 g/mol. The third kappa shape index (κ3) is 2.24. The molecule has 0 saturated carbocycles. The lowest BCUT2D eigenvalue weighted by Crippen LogP contribution is -2.00. The molecule has 0 amide bonds. The van der Waals surface area contributed by atoms with Crippen LogP contribution in [0.4, 0.5) is 0 Å². The number of hydrogen-bond acceptors (Lipinski definition) is 3. The van der Waals surface area contributed by atoms with Crippen molar-refractivity contribution in [2.75, 3.05) is 0 Å². The third-order valence-electron chi connectivity index (χ3n) is 3.34. The van der Waals surface area contributed by atoms with Gasteiger partial charge in [-0.1, -0.05) is 13.0 Å². The summed E-state index contributed by atoms with van der Waals surface area (Å²) in [5.74, 6) is 0. The van der Waals surface area contributed by atoms with E-state index in [9.17, 15) is 5.11 Å². The molecule has 0 bridgehead atoms. The standard InChI is InChI=1S/C14H16N4O/c1-2-14(19)12-6-16-13-4-3-10(5-11(12)13)7-18-9-15-8-17-18/h3-6,8-9,14,16,19H,2,7H2,1H3. The summed E-state index contributed by atoms with van der Waals surface area (Å²) in [7, 11) is 0. The van der Waals surface area contributed by atoms with Crippen molar-refractivity contribution >= 4 is 10.9 Å². The van der Waals surface area contributed by atoms with E-state index in [2.05, 4.69) is 27.2 Å². The molecule has 0 aliphatic carbocycles. The molecule has 19 heavy (non-hydrogen) atoms. The highest BCUT2D eigenvalue weighted by molar-refractivity contribution is 5.84. The van der Waals surface area contributed by atoms with E-state index < -0.39 is 6.10 Å². The third-order valence-corrected chi connectivity index (χ3v) is 3.34. The first-order chi connectivity index (χ1) is 9.28. The molecule has 0 aliphatic heterocycles. The normalized spacial score (nSPS) is 12.9. The van der Waals surface area contributed by atoms with E-state index >= 15 is 0 Å². The number of nitrogens with zero attached hydrogens (tertiary/aromatic N) is 3. The number of aromatic nitrogens is 4. The highest BCUT2D eigenvalue weighted by atomic mass is 16.3. The van der Waals surface area contributed by atoms with Crippen molar-refractivity contribution in [1.82, 2.24) is 19.7 Å². The minimum atomic E-state index is -0.421. The number of H-pyrrole nitrogens is 1. The molecule has 0 aliphatic rings. The van der Waals surface area contributed by atoms with Gasteiger partial charge in [0.25, 0.3) is 0 Å². The van der Waals surface area contributed by atoms with Crippen molar-refractivity contribution in [2.45, 2.75) is 26.0 Å². The Morgan fingerprint density at radius 3 is 3.05 bits per heavy atom. The first kappa shape index (κ1) is 11.9. The number of fused-ring (bicyclic) bond motifs is 1. The highest BCUT2D eigenvalue weighted by Gasteiger charge is 2.11. The van der Waals surface area contributed by atoms with Crippen LogP contribution >= 0.6 is 0 Å². The van der Waals surface area contributed by atoms with Gasteiger partial charge in [0.2, 0.25) is 0 Å². The monoisotopic (exact) mass is 256 g/mol. The summed E-state index contributed by atoms with van der Waals surface area (Å²) in [4.78, 5) is 7.13. The second-order valence-electron chi connectivity index (χ2n) is 4.64. The second-order valence-corrected chi connectivity index (χ2v) is 4.64. The molecule has 2 heterocycles. The van der Waals surface area contributed by atoms with Crippen molar-refractivity contribution in [2.24, 2.45) is 0 Å². The van der Waals surface area contributed by atoms with Gasteiger partial charge in [0.05, 0.1) is 12.6 Å². The lowest BCUT2D eigenvalue weighted by molar-refractivity contribution is 0.175. The minimum absolute atomic E-state index is 0.421. The van der Waals surface area contributed by atoms with Gasteiger partial charge in [-0.15, -0.1) is 0 Å². The van der Waals surface area contributed by atoms with Gasteiger partial charge in [0, 0.05) is 22.7 Å². The largest absolute Gasteiger partial charge is 0.388 e. The summed E-state index contributed by atoms with van der Waals surface area (Å²) in [5, 5.41) is 15.2. The van der Waals surface area contributed by atoms with Crippen LogP contribution in [0.5, 0.6) is 0 Å². The Morgan fingerprint density at radius 2 is 2.32 bits per heavy atom. The molecule has 98 valence electrons. The summed E-state index contributed by atoms with van der Waals surface area (Å²) in [6, 6.07) is 6.19. The fraction of sp³-hybridized carbons (Fsp3) is 0.286. The predicted octanol–water partition coefficient (Wildman–Crippen LogP) is 2.25. The Balaban J connectivity index is 1.99. The zero-order valence-corrected chi connectivity index (χ0v) is 10.7. The maximum absolute atomic E-state index is 10.0. The molecule has 2 aromatic heterocycles. The van der Waals surface area contributed by atoms with Crippen LogP contribution in [0.15, 0.2) is 37.1 Å². The van der Waals surface area contributed by atoms with E-state index in [1.807, 2.05) is 19.2 Å². The lowest BCUT2D eigenvalue weighted by Gasteiger charge is -2.07. The molecule has 3 aromatic rings. The van der Waals surface area contributed by atoms with Crippen LogP contribution < -0.4 is 0 Å². The van der Waals surface area contributed by atoms with Crippen molar-refractivity contribution < 1.29 is 5.11 Å². The van der Waals surface area contributed by atoms with E-state index in [0.29, 0.717) is 13.0 Å². The smallest absolute Gasteiger partial charge is 0.137 e. The molecule has 0 radical (unpaired) electrons. The van der Waals surface area contributed by atoms with Gasteiger partial charge in [0.1, 0.15) is 12.7 Å².